The van der Waals surface area contributed by atoms with Gasteiger partial charge in [0, 0.05) is 0 Å². The molecule has 1 heterocycles. The van der Waals surface area contributed by atoms with Crippen LogP contribution in [-0.4, -0.2) is 30.6 Å². The molecule has 0 amide bonds. The third-order valence-electron chi connectivity index (χ3n) is 3.42. The fourth-order valence-corrected chi connectivity index (χ4v) is 2.13. The van der Waals surface area contributed by atoms with Crippen molar-refractivity contribution in [3.8, 4) is 5.75 Å². The van der Waals surface area contributed by atoms with Gasteiger partial charge < -0.3 is 19.4 Å². The molecule has 0 saturated carbocycles. The Kier molecular flexibility index (Phi) is 5.74. The molecule has 1 aromatic carbocycles. The highest BCUT2D eigenvalue weighted by Gasteiger charge is 2.28. The average Bonchev–Trinajstić information content (AvgIpc) is 2.59. The van der Waals surface area contributed by atoms with Crippen LogP contribution < -0.4 is 9.47 Å². The Morgan fingerprint density at radius 2 is 2.00 bits per heavy atom. The number of methoxy groups -OCH3 is 1. The predicted molar refractivity (Wildman–Crippen MR) is 87.8 cm³/mol. The first kappa shape index (κ1) is 18.4. The predicted octanol–water partition coefficient (Wildman–Crippen LogP) is 1.75. The summed E-state index contributed by atoms with van der Waals surface area (Å²) in [4.78, 5) is 28.2. The minimum Gasteiger partial charge on any atom is -0.618 e. The lowest BCUT2D eigenvalue weighted by molar-refractivity contribution is -0.581. The van der Waals surface area contributed by atoms with Crippen LogP contribution in [0.15, 0.2) is 18.2 Å². The highest BCUT2D eigenvalue weighted by molar-refractivity contribution is 5.88. The van der Waals surface area contributed by atoms with E-state index in [1.54, 1.807) is 32.9 Å². The highest BCUT2D eigenvalue weighted by atomic mass is 16.5. The normalized spacial score (nSPS) is 10.8. The second-order valence-electron chi connectivity index (χ2n) is 5.54. The van der Waals surface area contributed by atoms with Gasteiger partial charge >= 0.3 is 17.6 Å². The molecule has 0 aliphatic heterocycles. The molecule has 0 saturated heterocycles. The number of carbonyl (C=O) groups is 2. The number of rotatable bonds is 6. The Morgan fingerprint density at radius 1 is 1.28 bits per heavy atom. The molecule has 0 aliphatic carbocycles. The van der Waals surface area contributed by atoms with E-state index >= 15 is 0 Å². The van der Waals surface area contributed by atoms with E-state index in [4.69, 9.17) is 14.2 Å². The van der Waals surface area contributed by atoms with Crippen LogP contribution in [0.25, 0.3) is 11.0 Å². The van der Waals surface area contributed by atoms with Crippen molar-refractivity contribution >= 4 is 23.0 Å². The van der Waals surface area contributed by atoms with Gasteiger partial charge in [0.05, 0.1) is 25.7 Å². The SMILES string of the molecule is CCOC(=O)c1c(COC(=O)C(C)C)nc2ccc(OC)cc2[n+]1[O-]. The summed E-state index contributed by atoms with van der Waals surface area (Å²) in [5.41, 5.74) is 0.236. The number of hydrogen-bond acceptors (Lipinski definition) is 7. The van der Waals surface area contributed by atoms with Crippen LogP contribution in [0.3, 0.4) is 0 Å². The van der Waals surface area contributed by atoms with Gasteiger partial charge in [0.1, 0.15) is 17.9 Å². The first-order valence-corrected chi connectivity index (χ1v) is 7.83. The minimum atomic E-state index is -0.828. The number of carbonyl (C=O) groups excluding carboxylic acids is 2. The van der Waals surface area contributed by atoms with E-state index in [9.17, 15) is 14.8 Å². The second kappa shape index (κ2) is 7.78. The van der Waals surface area contributed by atoms with Crippen molar-refractivity contribution in [1.29, 1.82) is 0 Å². The lowest BCUT2D eigenvalue weighted by atomic mass is 10.2. The maximum absolute atomic E-state index is 12.7. The summed E-state index contributed by atoms with van der Waals surface area (Å²) in [7, 11) is 1.47. The molecule has 2 aromatic rings. The number of fused-ring (bicyclic) bond motifs is 1. The zero-order valence-corrected chi connectivity index (χ0v) is 14.6. The fraction of sp³-hybridized carbons (Fsp3) is 0.412. The number of esters is 2. The Morgan fingerprint density at radius 3 is 2.60 bits per heavy atom. The van der Waals surface area contributed by atoms with Crippen LogP contribution in [0, 0.1) is 11.1 Å². The smallest absolute Gasteiger partial charge is 0.407 e. The topological polar surface area (TPSA) is 102 Å². The molecule has 0 aliphatic rings. The second-order valence-corrected chi connectivity index (χ2v) is 5.54. The van der Waals surface area contributed by atoms with Crippen molar-refractivity contribution in [3.63, 3.8) is 0 Å². The van der Waals surface area contributed by atoms with Gasteiger partial charge in [0.2, 0.25) is 5.52 Å². The summed E-state index contributed by atoms with van der Waals surface area (Å²) in [6.07, 6.45) is 0. The lowest BCUT2D eigenvalue weighted by Crippen LogP contribution is -2.39. The molecule has 0 spiro atoms. The zero-order chi connectivity index (χ0) is 18.6. The summed E-state index contributed by atoms with van der Waals surface area (Å²) in [5.74, 6) is -1.17. The van der Waals surface area contributed by atoms with E-state index in [0.717, 1.165) is 0 Å². The van der Waals surface area contributed by atoms with Gasteiger partial charge in [0.15, 0.2) is 5.69 Å². The molecule has 0 unspecified atom stereocenters. The van der Waals surface area contributed by atoms with Crippen molar-refractivity contribution in [2.75, 3.05) is 13.7 Å². The molecular formula is C17H20N2O6. The maximum Gasteiger partial charge on any atom is 0.407 e. The number of aromatic nitrogens is 2. The molecule has 0 atom stereocenters. The van der Waals surface area contributed by atoms with E-state index in [2.05, 4.69) is 4.98 Å². The summed E-state index contributed by atoms with van der Waals surface area (Å²) in [5, 5.41) is 12.7. The molecular weight excluding hydrogens is 328 g/mol. The van der Waals surface area contributed by atoms with Crippen molar-refractivity contribution in [2.24, 2.45) is 5.92 Å². The van der Waals surface area contributed by atoms with Crippen LogP contribution >= 0.6 is 0 Å². The molecule has 1 aromatic heterocycles. The summed E-state index contributed by atoms with van der Waals surface area (Å²) in [6, 6.07) is 4.70. The number of ether oxygens (including phenoxy) is 3. The average molecular weight is 348 g/mol. The van der Waals surface area contributed by atoms with Crippen molar-refractivity contribution < 1.29 is 28.5 Å². The van der Waals surface area contributed by atoms with E-state index in [1.807, 2.05) is 0 Å². The van der Waals surface area contributed by atoms with Gasteiger partial charge in [0.25, 0.3) is 0 Å². The number of nitrogens with zero attached hydrogens (tertiary/aromatic N) is 2. The van der Waals surface area contributed by atoms with E-state index < -0.39 is 11.9 Å². The number of benzene rings is 1. The van der Waals surface area contributed by atoms with Crippen LogP contribution in [0.5, 0.6) is 5.75 Å². The Balaban J connectivity index is 2.55. The molecule has 134 valence electrons. The molecule has 8 heteroatoms. The van der Waals surface area contributed by atoms with Gasteiger partial charge in [-0.2, -0.15) is 4.73 Å². The summed E-state index contributed by atoms with van der Waals surface area (Å²) in [6.45, 7) is 4.80. The Bertz CT molecular complexity index is 803. The minimum absolute atomic E-state index is 0.0418. The largest absolute Gasteiger partial charge is 0.618 e. The monoisotopic (exact) mass is 348 g/mol. The standard InChI is InChI=1S/C17H20N2O6/c1-5-24-17(21)15-13(9-25-16(20)10(2)3)18-12-7-6-11(23-4)8-14(12)19(15)22/h6-8,10H,5,9H2,1-4H3. The fourth-order valence-electron chi connectivity index (χ4n) is 2.13. The molecule has 0 radical (unpaired) electrons. The Labute approximate surface area is 144 Å². The van der Waals surface area contributed by atoms with Gasteiger partial charge in [-0.05, 0) is 19.1 Å². The van der Waals surface area contributed by atoms with Crippen LogP contribution in [0.2, 0.25) is 0 Å². The van der Waals surface area contributed by atoms with E-state index in [0.29, 0.717) is 16.0 Å². The third-order valence-corrected chi connectivity index (χ3v) is 3.42. The van der Waals surface area contributed by atoms with Crippen LogP contribution in [0.1, 0.15) is 37.0 Å². The highest BCUT2D eigenvalue weighted by Crippen LogP contribution is 2.19. The molecule has 25 heavy (non-hydrogen) atoms. The molecule has 0 bridgehead atoms. The van der Waals surface area contributed by atoms with E-state index in [-0.39, 0.29) is 36.0 Å². The van der Waals surface area contributed by atoms with Crippen LogP contribution in [-0.2, 0) is 20.9 Å². The third kappa shape index (κ3) is 3.96. The van der Waals surface area contributed by atoms with Gasteiger partial charge in [-0.25, -0.2) is 9.78 Å². The lowest BCUT2D eigenvalue weighted by Gasteiger charge is -2.12. The van der Waals surface area contributed by atoms with Gasteiger partial charge in [-0.1, -0.05) is 13.8 Å². The van der Waals surface area contributed by atoms with Crippen molar-refractivity contribution in [3.05, 3.63) is 34.8 Å². The molecule has 0 fully saturated rings. The Hall–Kier alpha value is -2.90. The maximum atomic E-state index is 12.7. The summed E-state index contributed by atoms with van der Waals surface area (Å²) < 4.78 is 15.6. The first-order valence-electron chi connectivity index (χ1n) is 7.83. The van der Waals surface area contributed by atoms with Gasteiger partial charge in [-0.15, -0.1) is 0 Å². The first-order chi connectivity index (χ1) is 11.9. The summed E-state index contributed by atoms with van der Waals surface area (Å²) >= 11 is 0. The number of hydrogen-bond donors (Lipinski definition) is 0. The van der Waals surface area contributed by atoms with E-state index in [1.165, 1.54) is 13.2 Å². The molecule has 2 rings (SSSR count). The van der Waals surface area contributed by atoms with Crippen molar-refractivity contribution in [1.82, 2.24) is 4.98 Å². The van der Waals surface area contributed by atoms with Crippen molar-refractivity contribution in [2.45, 2.75) is 27.4 Å². The quantitative estimate of drug-likeness (QED) is 0.445. The molecule has 8 nitrogen and oxygen atoms in total. The molecule has 0 N–H and O–H groups in total. The van der Waals surface area contributed by atoms with Gasteiger partial charge in [-0.3, -0.25) is 4.79 Å². The van der Waals surface area contributed by atoms with Crippen LogP contribution in [0.4, 0.5) is 0 Å². The zero-order valence-electron chi connectivity index (χ0n) is 14.6.